The fraction of sp³-hybridized carbons (Fsp3) is 0.400. The molecule has 0 aliphatic carbocycles. The third kappa shape index (κ3) is 3.58. The zero-order valence-electron chi connectivity index (χ0n) is 11.6. The summed E-state index contributed by atoms with van der Waals surface area (Å²) in [7, 11) is 1.90. The molecular formula is C15H20N2O2. The normalized spacial score (nSPS) is 12.4. The van der Waals surface area contributed by atoms with E-state index in [1.807, 2.05) is 44.6 Å². The van der Waals surface area contributed by atoms with E-state index in [4.69, 9.17) is 4.74 Å². The lowest BCUT2D eigenvalue weighted by atomic mass is 10.1. The maximum absolute atomic E-state index is 9.72. The second-order valence-corrected chi connectivity index (χ2v) is 4.84. The molecule has 4 heteroatoms. The largest absolute Gasteiger partial charge is 0.493 e. The summed E-state index contributed by atoms with van der Waals surface area (Å²) in [4.78, 5) is 0. The highest BCUT2D eigenvalue weighted by atomic mass is 16.5. The average molecular weight is 260 g/mol. The minimum Gasteiger partial charge on any atom is -0.493 e. The number of aliphatic hydroxyl groups is 1. The first-order chi connectivity index (χ1) is 9.06. The first-order valence-electron chi connectivity index (χ1n) is 6.45. The summed E-state index contributed by atoms with van der Waals surface area (Å²) in [6.45, 7) is 4.34. The van der Waals surface area contributed by atoms with Crippen LogP contribution in [0.4, 0.5) is 0 Å². The molecule has 0 aliphatic rings. The van der Waals surface area contributed by atoms with Crippen molar-refractivity contribution in [2.45, 2.75) is 26.4 Å². The highest BCUT2D eigenvalue weighted by Crippen LogP contribution is 2.26. The summed E-state index contributed by atoms with van der Waals surface area (Å²) < 4.78 is 7.58. The van der Waals surface area contributed by atoms with Gasteiger partial charge < -0.3 is 9.84 Å². The third-order valence-corrected chi connectivity index (χ3v) is 3.03. The molecular weight excluding hydrogens is 240 g/mol. The monoisotopic (exact) mass is 260 g/mol. The van der Waals surface area contributed by atoms with Gasteiger partial charge in [0, 0.05) is 25.2 Å². The number of benzene rings is 1. The number of aliphatic hydroxyl groups excluding tert-OH is 1. The molecule has 102 valence electrons. The van der Waals surface area contributed by atoms with Gasteiger partial charge in [-0.2, -0.15) is 5.10 Å². The summed E-state index contributed by atoms with van der Waals surface area (Å²) in [5, 5.41) is 13.8. The molecule has 0 amide bonds. The van der Waals surface area contributed by atoms with Crippen LogP contribution in [0, 0.1) is 6.92 Å². The molecule has 2 aromatic rings. The molecule has 1 aromatic carbocycles. The molecule has 1 aromatic heterocycles. The van der Waals surface area contributed by atoms with Crippen LogP contribution in [-0.2, 0) is 13.5 Å². The summed E-state index contributed by atoms with van der Waals surface area (Å²) in [5.41, 5.74) is 3.10. The molecule has 19 heavy (non-hydrogen) atoms. The lowest BCUT2D eigenvalue weighted by Gasteiger charge is -2.14. The van der Waals surface area contributed by atoms with Crippen molar-refractivity contribution in [2.24, 2.45) is 7.05 Å². The van der Waals surface area contributed by atoms with Gasteiger partial charge >= 0.3 is 0 Å². The molecule has 1 heterocycles. The first-order valence-corrected chi connectivity index (χ1v) is 6.45. The lowest BCUT2D eigenvalue weighted by molar-refractivity contribution is 0.191. The number of hydrogen-bond donors (Lipinski definition) is 1. The Bertz CT molecular complexity index is 547. The molecule has 1 N–H and O–H groups in total. The van der Waals surface area contributed by atoms with E-state index in [-0.39, 0.29) is 0 Å². The molecule has 2 rings (SSSR count). The smallest absolute Gasteiger partial charge is 0.125 e. The minimum atomic E-state index is -0.519. The van der Waals surface area contributed by atoms with Crippen LogP contribution >= 0.6 is 0 Å². The Balaban J connectivity index is 2.00. The molecule has 0 aliphatic heterocycles. The van der Waals surface area contributed by atoms with Gasteiger partial charge in [0.15, 0.2) is 0 Å². The van der Waals surface area contributed by atoms with Crippen molar-refractivity contribution >= 4 is 0 Å². The number of aromatic nitrogens is 2. The Kier molecular flexibility index (Phi) is 4.22. The van der Waals surface area contributed by atoms with Crippen LogP contribution in [0.2, 0.25) is 0 Å². The van der Waals surface area contributed by atoms with Crippen LogP contribution in [0.3, 0.4) is 0 Å². The molecule has 0 spiro atoms. The number of ether oxygens (including phenoxy) is 1. The SMILES string of the molecule is Cc1ccc([C@H](C)O)c(OCCc2cnn(C)c2)c1. The van der Waals surface area contributed by atoms with Crippen LogP contribution in [-0.4, -0.2) is 21.5 Å². The number of nitrogens with zero attached hydrogens (tertiary/aromatic N) is 2. The van der Waals surface area contributed by atoms with Crippen LogP contribution < -0.4 is 4.74 Å². The highest BCUT2D eigenvalue weighted by Gasteiger charge is 2.09. The van der Waals surface area contributed by atoms with Gasteiger partial charge in [-0.15, -0.1) is 0 Å². The van der Waals surface area contributed by atoms with Gasteiger partial charge in [-0.25, -0.2) is 0 Å². The summed E-state index contributed by atoms with van der Waals surface area (Å²) in [6.07, 6.45) is 4.11. The zero-order chi connectivity index (χ0) is 13.8. The van der Waals surface area contributed by atoms with E-state index in [2.05, 4.69) is 5.10 Å². The standard InChI is InChI=1S/C15H20N2O2/c1-11-4-5-14(12(2)18)15(8-11)19-7-6-13-9-16-17(3)10-13/h4-5,8-10,12,18H,6-7H2,1-3H3/t12-/m0/s1. The van der Waals surface area contributed by atoms with Gasteiger partial charge in [-0.3, -0.25) is 4.68 Å². The van der Waals surface area contributed by atoms with Crippen molar-refractivity contribution in [1.29, 1.82) is 0 Å². The fourth-order valence-electron chi connectivity index (χ4n) is 1.99. The van der Waals surface area contributed by atoms with Crippen LogP contribution in [0.1, 0.15) is 29.7 Å². The Hall–Kier alpha value is -1.81. The predicted octanol–water partition coefficient (Wildman–Crippen LogP) is 2.40. The zero-order valence-corrected chi connectivity index (χ0v) is 11.6. The van der Waals surface area contributed by atoms with Gasteiger partial charge in [0.05, 0.1) is 18.9 Å². The minimum absolute atomic E-state index is 0.519. The van der Waals surface area contributed by atoms with Crippen LogP contribution in [0.15, 0.2) is 30.6 Å². The summed E-state index contributed by atoms with van der Waals surface area (Å²) in [6, 6.07) is 5.86. The van der Waals surface area contributed by atoms with E-state index in [1.54, 1.807) is 11.6 Å². The maximum Gasteiger partial charge on any atom is 0.125 e. The van der Waals surface area contributed by atoms with Gasteiger partial charge in [0.25, 0.3) is 0 Å². The number of aryl methyl sites for hydroxylation is 2. The van der Waals surface area contributed by atoms with Crippen molar-refractivity contribution in [3.8, 4) is 5.75 Å². The van der Waals surface area contributed by atoms with E-state index in [0.29, 0.717) is 6.61 Å². The van der Waals surface area contributed by atoms with Gasteiger partial charge in [-0.05, 0) is 31.0 Å². The number of hydrogen-bond acceptors (Lipinski definition) is 3. The third-order valence-electron chi connectivity index (χ3n) is 3.03. The van der Waals surface area contributed by atoms with Crippen LogP contribution in [0.25, 0.3) is 0 Å². The van der Waals surface area contributed by atoms with E-state index in [1.165, 1.54) is 0 Å². The summed E-state index contributed by atoms with van der Waals surface area (Å²) in [5.74, 6) is 0.763. The quantitative estimate of drug-likeness (QED) is 0.898. The van der Waals surface area contributed by atoms with E-state index in [0.717, 1.165) is 28.9 Å². The second kappa shape index (κ2) is 5.89. The Morgan fingerprint density at radius 1 is 1.42 bits per heavy atom. The van der Waals surface area contributed by atoms with Gasteiger partial charge in [-0.1, -0.05) is 12.1 Å². The van der Waals surface area contributed by atoms with Crippen molar-refractivity contribution in [1.82, 2.24) is 9.78 Å². The van der Waals surface area contributed by atoms with E-state index in [9.17, 15) is 5.11 Å². The Labute approximate surface area is 113 Å². The van der Waals surface area contributed by atoms with Crippen molar-refractivity contribution in [3.05, 3.63) is 47.3 Å². The van der Waals surface area contributed by atoms with Crippen molar-refractivity contribution < 1.29 is 9.84 Å². The first kappa shape index (κ1) is 13.6. The molecule has 1 atom stereocenters. The Morgan fingerprint density at radius 3 is 2.84 bits per heavy atom. The highest BCUT2D eigenvalue weighted by molar-refractivity contribution is 5.38. The lowest BCUT2D eigenvalue weighted by Crippen LogP contribution is -2.04. The molecule has 0 saturated carbocycles. The van der Waals surface area contributed by atoms with Crippen molar-refractivity contribution in [2.75, 3.05) is 6.61 Å². The Morgan fingerprint density at radius 2 is 2.21 bits per heavy atom. The second-order valence-electron chi connectivity index (χ2n) is 4.84. The van der Waals surface area contributed by atoms with E-state index < -0.39 is 6.10 Å². The molecule has 0 saturated heterocycles. The van der Waals surface area contributed by atoms with E-state index >= 15 is 0 Å². The average Bonchev–Trinajstić information content (AvgIpc) is 2.75. The number of rotatable bonds is 5. The topological polar surface area (TPSA) is 47.3 Å². The van der Waals surface area contributed by atoms with Crippen LogP contribution in [0.5, 0.6) is 5.75 Å². The molecule has 0 fully saturated rings. The maximum atomic E-state index is 9.72. The van der Waals surface area contributed by atoms with Gasteiger partial charge in [0.1, 0.15) is 5.75 Å². The molecule has 0 bridgehead atoms. The molecule has 0 radical (unpaired) electrons. The molecule has 4 nitrogen and oxygen atoms in total. The van der Waals surface area contributed by atoms with Crippen molar-refractivity contribution in [3.63, 3.8) is 0 Å². The molecule has 0 unspecified atom stereocenters. The van der Waals surface area contributed by atoms with Gasteiger partial charge in [0.2, 0.25) is 0 Å². The summed E-state index contributed by atoms with van der Waals surface area (Å²) >= 11 is 0. The fourth-order valence-corrected chi connectivity index (χ4v) is 1.99. The predicted molar refractivity (Wildman–Crippen MR) is 74.2 cm³/mol.